The second-order valence-electron chi connectivity index (χ2n) is 5.59. The Morgan fingerprint density at radius 2 is 2.10 bits per heavy atom. The van der Waals surface area contributed by atoms with E-state index < -0.39 is 0 Å². The lowest BCUT2D eigenvalue weighted by atomic mass is 9.97. The maximum atomic E-state index is 11.8. The summed E-state index contributed by atoms with van der Waals surface area (Å²) < 4.78 is 0. The largest absolute Gasteiger partial charge is 0.357 e. The van der Waals surface area contributed by atoms with Crippen molar-refractivity contribution in [3.63, 3.8) is 0 Å². The number of rotatable bonds is 4. The first kappa shape index (κ1) is 14.8. The first-order valence-corrected chi connectivity index (χ1v) is 7.19. The minimum atomic E-state index is -0.00298. The number of nitrogens with zero attached hydrogens (tertiary/aromatic N) is 3. The minimum absolute atomic E-state index is 0.00298. The number of nitrogens with one attached hydrogen (secondary N) is 1. The number of carbonyl (C=O) groups excluding carboxylic acids is 1. The highest BCUT2D eigenvalue weighted by atomic mass is 16.2. The Hall–Kier alpha value is -1.62. The van der Waals surface area contributed by atoms with Gasteiger partial charge in [0, 0.05) is 33.4 Å². The molecule has 1 fully saturated rings. The summed E-state index contributed by atoms with van der Waals surface area (Å²) >= 11 is 0. The van der Waals surface area contributed by atoms with E-state index in [-0.39, 0.29) is 5.91 Å². The fourth-order valence-corrected chi connectivity index (χ4v) is 2.61. The maximum Gasteiger partial charge on any atom is 0.254 e. The summed E-state index contributed by atoms with van der Waals surface area (Å²) in [6.07, 6.45) is 4.07. The molecule has 0 aromatic carbocycles. The van der Waals surface area contributed by atoms with Crippen molar-refractivity contribution >= 4 is 11.7 Å². The van der Waals surface area contributed by atoms with Gasteiger partial charge in [-0.2, -0.15) is 0 Å². The van der Waals surface area contributed by atoms with Crippen LogP contribution in [0.2, 0.25) is 0 Å². The van der Waals surface area contributed by atoms with Gasteiger partial charge in [-0.1, -0.05) is 0 Å². The normalized spacial score (nSPS) is 16.2. The van der Waals surface area contributed by atoms with Crippen molar-refractivity contribution in [2.75, 3.05) is 45.7 Å². The van der Waals surface area contributed by atoms with Crippen molar-refractivity contribution in [1.82, 2.24) is 15.2 Å². The summed E-state index contributed by atoms with van der Waals surface area (Å²) in [7, 11) is 5.51. The molecule has 1 amide bonds. The van der Waals surface area contributed by atoms with Crippen LogP contribution in [0.5, 0.6) is 0 Å². The van der Waals surface area contributed by atoms with Gasteiger partial charge in [-0.15, -0.1) is 0 Å². The van der Waals surface area contributed by atoms with Crippen LogP contribution in [0.1, 0.15) is 23.2 Å². The molecular weight excluding hydrogens is 252 g/mol. The van der Waals surface area contributed by atoms with Crippen LogP contribution in [0.25, 0.3) is 0 Å². The van der Waals surface area contributed by atoms with E-state index in [4.69, 9.17) is 0 Å². The highest BCUT2D eigenvalue weighted by molar-refractivity contribution is 5.93. The van der Waals surface area contributed by atoms with Crippen LogP contribution in [-0.4, -0.2) is 56.6 Å². The Bertz CT molecular complexity index is 436. The second-order valence-corrected chi connectivity index (χ2v) is 5.59. The second kappa shape index (κ2) is 6.70. The Labute approximate surface area is 121 Å². The molecular formula is C15H24N4O. The number of pyridine rings is 1. The molecule has 0 atom stereocenters. The molecule has 0 radical (unpaired) electrons. The highest BCUT2D eigenvalue weighted by Gasteiger charge is 2.19. The molecule has 1 N–H and O–H groups in total. The molecule has 1 aromatic rings. The average Bonchev–Trinajstić information content (AvgIpc) is 2.48. The van der Waals surface area contributed by atoms with Crippen LogP contribution in [0, 0.1) is 5.92 Å². The number of piperidine rings is 1. The minimum Gasteiger partial charge on any atom is -0.357 e. The number of aromatic nitrogens is 1. The molecule has 1 saturated heterocycles. The molecule has 1 aromatic heterocycles. The molecule has 20 heavy (non-hydrogen) atoms. The molecule has 1 aliphatic rings. The van der Waals surface area contributed by atoms with Crippen molar-refractivity contribution < 1.29 is 4.79 Å². The van der Waals surface area contributed by atoms with Gasteiger partial charge >= 0.3 is 0 Å². The van der Waals surface area contributed by atoms with E-state index in [0.717, 1.165) is 31.4 Å². The Morgan fingerprint density at radius 1 is 1.40 bits per heavy atom. The standard InChI is InChI=1S/C15H24N4O/c1-16-10-12-6-8-19(9-7-12)14-5-4-13(11-17-14)15(20)18(2)3/h4-5,11-12,16H,6-10H2,1-3H3. The lowest BCUT2D eigenvalue weighted by molar-refractivity contribution is 0.0827. The van der Waals surface area contributed by atoms with Gasteiger partial charge in [0.1, 0.15) is 5.82 Å². The number of hydrogen-bond donors (Lipinski definition) is 1. The average molecular weight is 276 g/mol. The predicted octanol–water partition coefficient (Wildman–Crippen LogP) is 1.22. The van der Waals surface area contributed by atoms with Gasteiger partial charge < -0.3 is 15.1 Å². The van der Waals surface area contributed by atoms with Gasteiger partial charge in [0.15, 0.2) is 0 Å². The van der Waals surface area contributed by atoms with E-state index in [1.165, 1.54) is 12.8 Å². The van der Waals surface area contributed by atoms with Crippen molar-refractivity contribution in [2.24, 2.45) is 5.92 Å². The molecule has 110 valence electrons. The number of carbonyl (C=O) groups is 1. The molecule has 5 nitrogen and oxygen atoms in total. The zero-order valence-electron chi connectivity index (χ0n) is 12.6. The first-order chi connectivity index (χ1) is 9.61. The molecule has 0 bridgehead atoms. The van der Waals surface area contributed by atoms with Crippen LogP contribution in [0.15, 0.2) is 18.3 Å². The van der Waals surface area contributed by atoms with Crippen LogP contribution < -0.4 is 10.2 Å². The first-order valence-electron chi connectivity index (χ1n) is 7.19. The van der Waals surface area contributed by atoms with Crippen molar-refractivity contribution in [1.29, 1.82) is 0 Å². The van der Waals surface area contributed by atoms with Crippen molar-refractivity contribution in [3.05, 3.63) is 23.9 Å². The quantitative estimate of drug-likeness (QED) is 0.898. The van der Waals surface area contributed by atoms with Crippen LogP contribution in [0.4, 0.5) is 5.82 Å². The monoisotopic (exact) mass is 276 g/mol. The zero-order chi connectivity index (χ0) is 14.5. The van der Waals surface area contributed by atoms with Crippen molar-refractivity contribution in [3.8, 4) is 0 Å². The molecule has 0 spiro atoms. The third-order valence-corrected chi connectivity index (χ3v) is 3.83. The van der Waals surface area contributed by atoms with E-state index in [9.17, 15) is 4.79 Å². The van der Waals surface area contributed by atoms with Gasteiger partial charge in [-0.05, 0) is 44.5 Å². The Kier molecular flexibility index (Phi) is 4.95. The summed E-state index contributed by atoms with van der Waals surface area (Å²) in [4.78, 5) is 20.1. The zero-order valence-corrected chi connectivity index (χ0v) is 12.6. The number of hydrogen-bond acceptors (Lipinski definition) is 4. The summed E-state index contributed by atoms with van der Waals surface area (Å²) in [5, 5.41) is 3.25. The molecule has 0 saturated carbocycles. The lowest BCUT2D eigenvalue weighted by Crippen LogP contribution is -2.37. The predicted molar refractivity (Wildman–Crippen MR) is 81.1 cm³/mol. The van der Waals surface area contributed by atoms with Gasteiger partial charge in [0.25, 0.3) is 5.91 Å². The summed E-state index contributed by atoms with van der Waals surface area (Å²) in [6.45, 7) is 3.18. The molecule has 2 rings (SSSR count). The van der Waals surface area contributed by atoms with E-state index in [0.29, 0.717) is 5.56 Å². The van der Waals surface area contributed by atoms with Gasteiger partial charge in [0.2, 0.25) is 0 Å². The topological polar surface area (TPSA) is 48.5 Å². The van der Waals surface area contributed by atoms with Crippen LogP contribution in [-0.2, 0) is 0 Å². The van der Waals surface area contributed by atoms with E-state index in [1.54, 1.807) is 25.2 Å². The van der Waals surface area contributed by atoms with Gasteiger partial charge in [-0.25, -0.2) is 4.98 Å². The van der Waals surface area contributed by atoms with Crippen LogP contribution >= 0.6 is 0 Å². The molecule has 0 unspecified atom stereocenters. The van der Waals surface area contributed by atoms with Crippen molar-refractivity contribution in [2.45, 2.75) is 12.8 Å². The molecule has 0 aliphatic carbocycles. The fraction of sp³-hybridized carbons (Fsp3) is 0.600. The fourth-order valence-electron chi connectivity index (χ4n) is 2.61. The molecule has 2 heterocycles. The summed E-state index contributed by atoms with van der Waals surface area (Å²) in [6, 6.07) is 3.82. The van der Waals surface area contributed by atoms with E-state index >= 15 is 0 Å². The number of amides is 1. The Balaban J connectivity index is 1.96. The van der Waals surface area contributed by atoms with E-state index in [2.05, 4.69) is 15.2 Å². The number of anilines is 1. The smallest absolute Gasteiger partial charge is 0.254 e. The van der Waals surface area contributed by atoms with E-state index in [1.807, 2.05) is 19.2 Å². The maximum absolute atomic E-state index is 11.8. The third kappa shape index (κ3) is 3.48. The summed E-state index contributed by atoms with van der Waals surface area (Å²) in [5.74, 6) is 1.74. The lowest BCUT2D eigenvalue weighted by Gasteiger charge is -2.32. The summed E-state index contributed by atoms with van der Waals surface area (Å²) in [5.41, 5.74) is 0.642. The SMILES string of the molecule is CNCC1CCN(c2ccc(C(=O)N(C)C)cn2)CC1. The third-order valence-electron chi connectivity index (χ3n) is 3.83. The van der Waals surface area contributed by atoms with Crippen LogP contribution in [0.3, 0.4) is 0 Å². The molecule has 5 heteroatoms. The van der Waals surface area contributed by atoms with Gasteiger partial charge in [0.05, 0.1) is 5.56 Å². The molecule has 1 aliphatic heterocycles. The highest BCUT2D eigenvalue weighted by Crippen LogP contribution is 2.21. The van der Waals surface area contributed by atoms with Gasteiger partial charge in [-0.3, -0.25) is 4.79 Å². The Morgan fingerprint density at radius 3 is 2.60 bits per heavy atom.